The molecule has 0 saturated carbocycles. The molecule has 4 aromatic rings. The number of carbonyl (C=O) groups excluding carboxylic acids is 3. The molecule has 4 saturated heterocycles. The summed E-state index contributed by atoms with van der Waals surface area (Å²) in [5.41, 5.74) is 4.24. The van der Waals surface area contributed by atoms with E-state index in [4.69, 9.17) is 8.42 Å². The molecule has 6 heterocycles. The molecule has 3 aromatic carbocycles. The molecule has 1 aromatic heterocycles. The van der Waals surface area contributed by atoms with Crippen molar-refractivity contribution in [3.63, 3.8) is 0 Å². The van der Waals surface area contributed by atoms with E-state index in [2.05, 4.69) is 28.1 Å². The molecule has 0 radical (unpaired) electrons. The van der Waals surface area contributed by atoms with E-state index in [-0.39, 0.29) is 16.3 Å². The number of rotatable bonds is 2. The van der Waals surface area contributed by atoms with Gasteiger partial charge in [-0.2, -0.15) is 8.42 Å². The molecule has 4 fully saturated rings. The van der Waals surface area contributed by atoms with Gasteiger partial charge in [0, 0.05) is 41.9 Å². The third kappa shape index (κ3) is 3.35. The molecular weight excluding hydrogens is 581 g/mol. The summed E-state index contributed by atoms with van der Waals surface area (Å²) in [5, 5.41) is 0.169. The average molecular weight is 603 g/mol. The summed E-state index contributed by atoms with van der Waals surface area (Å²) in [6.45, 7) is 0. The number of fused-ring (bicyclic) bond motifs is 7. The number of thioether (sulfide) groups is 2. The number of para-hydroxylation sites is 3. The Morgan fingerprint density at radius 2 is 1.59 bits per heavy atom. The van der Waals surface area contributed by atoms with Gasteiger partial charge in [0.2, 0.25) is 0 Å². The number of aromatic amines is 1. The fourth-order valence-corrected chi connectivity index (χ4v) is 9.70. The molecular formula is C29H22N4O5S3. The van der Waals surface area contributed by atoms with Crippen LogP contribution in [-0.2, 0) is 26.6 Å². The molecule has 1 N–H and O–H groups in total. The maximum Gasteiger partial charge on any atom is 0.335 e. The Kier molecular flexibility index (Phi) is 5.93. The number of piperazine rings is 1. The first kappa shape index (κ1) is 26.1. The summed E-state index contributed by atoms with van der Waals surface area (Å²) in [5.74, 6) is -0.388. The number of nitrogens with zero attached hydrogens (tertiary/aromatic N) is 3. The van der Waals surface area contributed by atoms with E-state index < -0.39 is 33.4 Å². The number of aromatic nitrogens is 1. The number of anilines is 2. The minimum atomic E-state index is -1.34. The van der Waals surface area contributed by atoms with Gasteiger partial charge in [-0.25, -0.2) is 0 Å². The number of carbonyl (C=O) groups is 3. The van der Waals surface area contributed by atoms with Gasteiger partial charge < -0.3 is 14.8 Å². The molecule has 2 amide bonds. The predicted molar refractivity (Wildman–Crippen MR) is 158 cm³/mol. The molecule has 4 atom stereocenters. The maximum absolute atomic E-state index is 14.3. The first-order valence-corrected chi connectivity index (χ1v) is 15.2. The van der Waals surface area contributed by atoms with Crippen LogP contribution in [0.5, 0.6) is 0 Å². The number of likely N-dealkylation sites (N-methyl/N-ethyl adjacent to an activating group) is 1. The molecule has 2 bridgehead atoms. The van der Waals surface area contributed by atoms with Crippen LogP contribution in [0.1, 0.15) is 17.5 Å². The molecule has 206 valence electrons. The van der Waals surface area contributed by atoms with Gasteiger partial charge in [0.15, 0.2) is 10.2 Å². The molecule has 12 heteroatoms. The lowest BCUT2D eigenvalue weighted by molar-refractivity contribution is -0.157. The lowest BCUT2D eigenvalue weighted by atomic mass is 9.72. The van der Waals surface area contributed by atoms with Crippen molar-refractivity contribution >= 4 is 73.6 Å². The number of H-pyrrole nitrogens is 1. The summed E-state index contributed by atoms with van der Waals surface area (Å²) >= 11 is 1.21. The SMILES string of the molecule is CN1C(=O)C23CC4(c5c[nH]c6ccccc56)c5ccccc5N(c5ccccc5)[C@@H]4N2C(=O)[C@H]1SC(=O)S3.O=S=O. The van der Waals surface area contributed by atoms with E-state index >= 15 is 0 Å². The van der Waals surface area contributed by atoms with Crippen LogP contribution in [0.25, 0.3) is 10.9 Å². The second-order valence-electron chi connectivity index (χ2n) is 10.3. The average Bonchev–Trinajstić information content (AvgIpc) is 3.58. The number of hydrogen-bond acceptors (Lipinski definition) is 8. The van der Waals surface area contributed by atoms with Gasteiger partial charge in [-0.05, 0) is 58.9 Å². The van der Waals surface area contributed by atoms with Crippen molar-refractivity contribution in [3.05, 3.63) is 96.2 Å². The van der Waals surface area contributed by atoms with Gasteiger partial charge in [-0.1, -0.05) is 54.6 Å². The normalized spacial score (nSPS) is 27.7. The van der Waals surface area contributed by atoms with E-state index in [9.17, 15) is 14.4 Å². The highest BCUT2D eigenvalue weighted by Crippen LogP contribution is 2.67. The Hall–Kier alpha value is -3.87. The molecule has 5 aliphatic heterocycles. The van der Waals surface area contributed by atoms with E-state index in [1.54, 1.807) is 11.9 Å². The smallest absolute Gasteiger partial charge is 0.335 e. The lowest BCUT2D eigenvalue weighted by Crippen LogP contribution is -2.68. The van der Waals surface area contributed by atoms with Crippen molar-refractivity contribution in [2.24, 2.45) is 0 Å². The van der Waals surface area contributed by atoms with Crippen LogP contribution in [0.4, 0.5) is 16.2 Å². The van der Waals surface area contributed by atoms with Crippen molar-refractivity contribution in [1.29, 1.82) is 0 Å². The minimum absolute atomic E-state index is 0.190. The zero-order chi connectivity index (χ0) is 28.5. The zero-order valence-corrected chi connectivity index (χ0v) is 24.0. The van der Waals surface area contributed by atoms with Crippen LogP contribution in [0.3, 0.4) is 0 Å². The molecule has 2 unspecified atom stereocenters. The number of benzene rings is 3. The maximum atomic E-state index is 14.3. The first-order valence-electron chi connectivity index (χ1n) is 12.8. The van der Waals surface area contributed by atoms with Crippen molar-refractivity contribution in [2.45, 2.75) is 28.2 Å². The van der Waals surface area contributed by atoms with Gasteiger partial charge >= 0.3 is 11.6 Å². The van der Waals surface area contributed by atoms with Gasteiger partial charge in [0.1, 0.15) is 6.17 Å². The summed E-state index contributed by atoms with van der Waals surface area (Å²) in [7, 11) is 1.64. The van der Waals surface area contributed by atoms with Crippen molar-refractivity contribution in [2.75, 3.05) is 11.9 Å². The highest BCUT2D eigenvalue weighted by atomic mass is 32.2. The summed E-state index contributed by atoms with van der Waals surface area (Å²) in [6, 6.07) is 26.4. The second-order valence-corrected chi connectivity index (χ2v) is 13.0. The quantitative estimate of drug-likeness (QED) is 0.355. The Morgan fingerprint density at radius 3 is 2.37 bits per heavy atom. The zero-order valence-electron chi connectivity index (χ0n) is 21.6. The van der Waals surface area contributed by atoms with Gasteiger partial charge in [-0.3, -0.25) is 19.3 Å². The van der Waals surface area contributed by atoms with Crippen LogP contribution in [-0.4, -0.2) is 62.9 Å². The van der Waals surface area contributed by atoms with Crippen molar-refractivity contribution in [3.8, 4) is 0 Å². The van der Waals surface area contributed by atoms with Crippen LogP contribution in [0, 0.1) is 0 Å². The van der Waals surface area contributed by atoms with Gasteiger partial charge in [0.05, 0.1) is 5.41 Å². The monoisotopic (exact) mass is 602 g/mol. The third-order valence-electron chi connectivity index (χ3n) is 8.50. The molecule has 1 spiro atoms. The molecule has 41 heavy (non-hydrogen) atoms. The second kappa shape index (κ2) is 9.33. The topological polar surface area (TPSA) is 111 Å². The predicted octanol–water partition coefficient (Wildman–Crippen LogP) is 4.59. The Bertz CT molecular complexity index is 1790. The lowest BCUT2D eigenvalue weighted by Gasteiger charge is -2.47. The van der Waals surface area contributed by atoms with Crippen LogP contribution in [0.15, 0.2) is 85.1 Å². The number of nitrogens with one attached hydrogen (secondary N) is 1. The van der Waals surface area contributed by atoms with Crippen LogP contribution < -0.4 is 4.90 Å². The van der Waals surface area contributed by atoms with Gasteiger partial charge in [-0.15, -0.1) is 0 Å². The first-order chi connectivity index (χ1) is 19.9. The minimum Gasteiger partial charge on any atom is -0.361 e. The van der Waals surface area contributed by atoms with E-state index in [0.29, 0.717) is 6.42 Å². The van der Waals surface area contributed by atoms with E-state index in [1.165, 1.54) is 4.90 Å². The molecule has 5 aliphatic rings. The highest BCUT2D eigenvalue weighted by molar-refractivity contribution is 8.40. The summed E-state index contributed by atoms with van der Waals surface area (Å²) in [6.07, 6.45) is 1.79. The van der Waals surface area contributed by atoms with E-state index in [1.807, 2.05) is 66.9 Å². The third-order valence-corrected chi connectivity index (χ3v) is 11.0. The number of amides is 2. The van der Waals surface area contributed by atoms with Crippen LogP contribution >= 0.6 is 23.5 Å². The Morgan fingerprint density at radius 1 is 0.902 bits per heavy atom. The summed E-state index contributed by atoms with van der Waals surface area (Å²) < 4.78 is 16.4. The van der Waals surface area contributed by atoms with Gasteiger partial charge in [0.25, 0.3) is 16.3 Å². The van der Waals surface area contributed by atoms with Crippen molar-refractivity contribution in [1.82, 2.24) is 14.8 Å². The largest absolute Gasteiger partial charge is 0.361 e. The molecule has 0 aliphatic carbocycles. The molecule has 9 rings (SSSR count). The van der Waals surface area contributed by atoms with E-state index in [0.717, 1.165) is 56.9 Å². The summed E-state index contributed by atoms with van der Waals surface area (Å²) in [4.78, 5) is 49.2. The van der Waals surface area contributed by atoms with Crippen LogP contribution in [0.2, 0.25) is 0 Å². The highest BCUT2D eigenvalue weighted by Gasteiger charge is 2.76. The Balaban J connectivity index is 0.000000884. The van der Waals surface area contributed by atoms with Crippen molar-refractivity contribution < 1.29 is 22.8 Å². The number of hydrogen-bond donors (Lipinski definition) is 1. The fourth-order valence-electron chi connectivity index (χ4n) is 7.08. The fraction of sp³-hybridized carbons (Fsp3) is 0.207. The Labute approximate surface area is 246 Å². The molecule has 9 nitrogen and oxygen atoms in total. The standard InChI is InChI=1S/C29H22N4O3S2.O2S/c1-31-24-23(34)33-25-28(16-29(33,26(31)35)38-27(36)37-24,20-15-30-21-13-7-5-11-18(20)21)19-12-6-8-14-22(19)32(25)17-9-3-2-4-10-17;1-3-2/h2-15,24-25,30H,16H2,1H3;/t24-,25-,28?,29?;/m1./s1.